The van der Waals surface area contributed by atoms with Gasteiger partial charge < -0.3 is 9.64 Å². The van der Waals surface area contributed by atoms with E-state index in [4.69, 9.17) is 4.74 Å². The zero-order chi connectivity index (χ0) is 14.1. The number of benzene rings is 1. The van der Waals surface area contributed by atoms with Gasteiger partial charge in [-0.3, -0.25) is 14.5 Å². The molecule has 0 aromatic heterocycles. The fourth-order valence-corrected chi connectivity index (χ4v) is 2.82. The Hall–Kier alpha value is -1.88. The lowest BCUT2D eigenvalue weighted by molar-refractivity contribution is -0.118. The van der Waals surface area contributed by atoms with E-state index in [1.54, 1.807) is 6.92 Å². The number of fused-ring (bicyclic) bond motifs is 1. The quantitative estimate of drug-likeness (QED) is 0.822. The number of Topliss-reactive ketones (excluding diaryl/α,β-unsaturated/α-hetero) is 2. The lowest BCUT2D eigenvalue weighted by Gasteiger charge is -2.36. The van der Waals surface area contributed by atoms with Gasteiger partial charge in [0.2, 0.25) is 5.78 Å². The van der Waals surface area contributed by atoms with E-state index >= 15 is 0 Å². The Morgan fingerprint density at radius 1 is 1.25 bits per heavy atom. The predicted octanol–water partition coefficient (Wildman–Crippen LogP) is 0.973. The van der Waals surface area contributed by atoms with Gasteiger partial charge in [-0.05, 0) is 19.1 Å². The van der Waals surface area contributed by atoms with Crippen LogP contribution in [0.25, 0.3) is 0 Å². The van der Waals surface area contributed by atoms with Crippen LogP contribution in [0.15, 0.2) is 18.2 Å². The Morgan fingerprint density at radius 3 is 2.70 bits per heavy atom. The van der Waals surface area contributed by atoms with Gasteiger partial charge in [0, 0.05) is 26.2 Å². The molecular formula is C15H18N2O3. The molecular weight excluding hydrogens is 256 g/mol. The lowest BCUT2D eigenvalue weighted by Crippen LogP contribution is -2.47. The van der Waals surface area contributed by atoms with Gasteiger partial charge in [-0.15, -0.1) is 0 Å². The molecule has 0 spiro atoms. The van der Waals surface area contributed by atoms with Crippen molar-refractivity contribution in [3.8, 4) is 5.75 Å². The third-order valence-electron chi connectivity index (χ3n) is 3.80. The SMILES string of the molecule is CC(=O)CN1CCN(c2cccc3c2OCC3=O)CC1. The van der Waals surface area contributed by atoms with Gasteiger partial charge in [0.1, 0.15) is 5.78 Å². The molecule has 20 heavy (non-hydrogen) atoms. The van der Waals surface area contributed by atoms with Crippen molar-refractivity contribution in [2.45, 2.75) is 6.92 Å². The Labute approximate surface area is 118 Å². The van der Waals surface area contributed by atoms with Crippen molar-refractivity contribution >= 4 is 17.3 Å². The number of ether oxygens (including phenoxy) is 1. The summed E-state index contributed by atoms with van der Waals surface area (Å²) in [5, 5.41) is 0. The van der Waals surface area contributed by atoms with Crippen LogP contribution in [0.5, 0.6) is 5.75 Å². The fourth-order valence-electron chi connectivity index (χ4n) is 2.82. The topological polar surface area (TPSA) is 49.9 Å². The molecule has 0 atom stereocenters. The van der Waals surface area contributed by atoms with Crippen LogP contribution in [-0.2, 0) is 4.79 Å². The van der Waals surface area contributed by atoms with Crippen molar-refractivity contribution < 1.29 is 14.3 Å². The van der Waals surface area contributed by atoms with E-state index in [0.29, 0.717) is 12.1 Å². The summed E-state index contributed by atoms with van der Waals surface area (Å²) in [6.07, 6.45) is 0. The summed E-state index contributed by atoms with van der Waals surface area (Å²) in [6.45, 7) is 5.71. The summed E-state index contributed by atoms with van der Waals surface area (Å²) >= 11 is 0. The molecule has 106 valence electrons. The third kappa shape index (κ3) is 2.41. The van der Waals surface area contributed by atoms with E-state index < -0.39 is 0 Å². The molecule has 0 saturated carbocycles. The van der Waals surface area contributed by atoms with Crippen LogP contribution in [0.4, 0.5) is 5.69 Å². The maximum Gasteiger partial charge on any atom is 0.204 e. The molecule has 0 aliphatic carbocycles. The molecule has 1 saturated heterocycles. The van der Waals surface area contributed by atoms with Crippen LogP contribution in [0.1, 0.15) is 17.3 Å². The largest absolute Gasteiger partial charge is 0.482 e. The highest BCUT2D eigenvalue weighted by Gasteiger charge is 2.27. The van der Waals surface area contributed by atoms with E-state index in [2.05, 4.69) is 9.80 Å². The Bertz CT molecular complexity index is 548. The summed E-state index contributed by atoms with van der Waals surface area (Å²) < 4.78 is 5.53. The summed E-state index contributed by atoms with van der Waals surface area (Å²) in [4.78, 5) is 27.2. The number of carbonyl (C=O) groups excluding carboxylic acids is 2. The van der Waals surface area contributed by atoms with Gasteiger partial charge in [-0.2, -0.15) is 0 Å². The highest BCUT2D eigenvalue weighted by molar-refractivity contribution is 6.04. The number of carbonyl (C=O) groups is 2. The fraction of sp³-hybridized carbons (Fsp3) is 0.467. The minimum atomic E-state index is 0.0528. The van der Waals surface area contributed by atoms with E-state index in [9.17, 15) is 9.59 Å². The monoisotopic (exact) mass is 274 g/mol. The average Bonchev–Trinajstić information content (AvgIpc) is 2.81. The standard InChI is InChI=1S/C15H18N2O3/c1-11(18)9-16-5-7-17(8-6-16)13-4-2-3-12-14(19)10-20-15(12)13/h2-4H,5-10H2,1H3. The molecule has 2 heterocycles. The van der Waals surface area contributed by atoms with Crippen molar-refractivity contribution in [2.75, 3.05) is 44.2 Å². The van der Waals surface area contributed by atoms with Gasteiger partial charge in [0.05, 0.1) is 17.8 Å². The van der Waals surface area contributed by atoms with Crippen molar-refractivity contribution in [1.82, 2.24) is 4.90 Å². The van der Waals surface area contributed by atoms with Gasteiger partial charge in [-0.25, -0.2) is 0 Å². The number of piperazine rings is 1. The third-order valence-corrected chi connectivity index (χ3v) is 3.80. The minimum absolute atomic E-state index is 0.0528. The van der Waals surface area contributed by atoms with Crippen molar-refractivity contribution in [3.63, 3.8) is 0 Å². The first-order chi connectivity index (χ1) is 9.65. The average molecular weight is 274 g/mol. The number of rotatable bonds is 3. The molecule has 2 aliphatic rings. The molecule has 1 fully saturated rings. The van der Waals surface area contributed by atoms with Gasteiger partial charge in [0.15, 0.2) is 12.4 Å². The molecule has 5 heteroatoms. The van der Waals surface area contributed by atoms with Crippen molar-refractivity contribution in [1.29, 1.82) is 0 Å². The van der Waals surface area contributed by atoms with Crippen molar-refractivity contribution in [2.24, 2.45) is 0 Å². The zero-order valence-electron chi connectivity index (χ0n) is 11.6. The van der Waals surface area contributed by atoms with Crippen molar-refractivity contribution in [3.05, 3.63) is 23.8 Å². The number of nitrogens with zero attached hydrogens (tertiary/aromatic N) is 2. The minimum Gasteiger partial charge on any atom is -0.482 e. The number of hydrogen-bond acceptors (Lipinski definition) is 5. The van der Waals surface area contributed by atoms with E-state index in [1.807, 2.05) is 18.2 Å². The van der Waals surface area contributed by atoms with E-state index in [0.717, 1.165) is 37.6 Å². The number of ketones is 2. The van der Waals surface area contributed by atoms with Crippen LogP contribution in [0.3, 0.4) is 0 Å². The first-order valence-electron chi connectivity index (χ1n) is 6.91. The highest BCUT2D eigenvalue weighted by atomic mass is 16.5. The summed E-state index contributed by atoms with van der Waals surface area (Å²) in [7, 11) is 0. The van der Waals surface area contributed by atoms with Crippen LogP contribution in [-0.4, -0.2) is 55.8 Å². The maximum absolute atomic E-state index is 11.7. The molecule has 0 unspecified atom stereocenters. The van der Waals surface area contributed by atoms with E-state index in [1.165, 1.54) is 0 Å². The van der Waals surface area contributed by atoms with Gasteiger partial charge >= 0.3 is 0 Å². The Morgan fingerprint density at radius 2 is 2.00 bits per heavy atom. The summed E-state index contributed by atoms with van der Waals surface area (Å²) in [5.41, 5.74) is 1.68. The molecule has 1 aromatic carbocycles. The first kappa shape index (κ1) is 13.1. The lowest BCUT2D eigenvalue weighted by atomic mass is 10.1. The molecule has 0 amide bonds. The molecule has 0 N–H and O–H groups in total. The number of anilines is 1. The summed E-state index contributed by atoms with van der Waals surface area (Å²) in [5.74, 6) is 0.975. The maximum atomic E-state index is 11.7. The second kappa shape index (κ2) is 5.25. The van der Waals surface area contributed by atoms with Crippen LogP contribution in [0.2, 0.25) is 0 Å². The Balaban J connectivity index is 1.73. The molecule has 0 bridgehead atoms. The van der Waals surface area contributed by atoms with E-state index in [-0.39, 0.29) is 18.2 Å². The first-order valence-corrected chi connectivity index (χ1v) is 6.91. The highest BCUT2D eigenvalue weighted by Crippen LogP contribution is 2.36. The second-order valence-corrected chi connectivity index (χ2v) is 5.33. The zero-order valence-corrected chi connectivity index (χ0v) is 11.6. The van der Waals surface area contributed by atoms with Crippen LogP contribution >= 0.6 is 0 Å². The predicted molar refractivity (Wildman–Crippen MR) is 75.6 cm³/mol. The van der Waals surface area contributed by atoms with Crippen LogP contribution in [0, 0.1) is 0 Å². The number of para-hydroxylation sites is 1. The molecule has 1 aromatic rings. The Kier molecular flexibility index (Phi) is 3.44. The molecule has 5 nitrogen and oxygen atoms in total. The van der Waals surface area contributed by atoms with Crippen LogP contribution < -0.4 is 9.64 Å². The second-order valence-electron chi connectivity index (χ2n) is 5.33. The molecule has 3 rings (SSSR count). The van der Waals surface area contributed by atoms with Gasteiger partial charge in [0.25, 0.3) is 0 Å². The molecule has 0 radical (unpaired) electrons. The summed E-state index contributed by atoms with van der Waals surface area (Å²) in [6, 6.07) is 5.72. The smallest absolute Gasteiger partial charge is 0.204 e. The van der Waals surface area contributed by atoms with Gasteiger partial charge in [-0.1, -0.05) is 6.07 Å². The normalized spacial score (nSPS) is 18.9. The molecule has 2 aliphatic heterocycles. The number of hydrogen-bond donors (Lipinski definition) is 0.